The van der Waals surface area contributed by atoms with Crippen molar-refractivity contribution in [2.75, 3.05) is 31.5 Å². The van der Waals surface area contributed by atoms with Gasteiger partial charge >= 0.3 is 6.03 Å². The maximum Gasteiger partial charge on any atom is 0.319 e. The molecule has 0 bridgehead atoms. The molecule has 0 unspecified atom stereocenters. The Morgan fingerprint density at radius 1 is 1.33 bits per heavy atom. The molecule has 1 aliphatic rings. The predicted octanol–water partition coefficient (Wildman–Crippen LogP) is 3.27. The number of hydrogen-bond donors (Lipinski definition) is 2. The average molecular weight is 289 g/mol. The van der Waals surface area contributed by atoms with Gasteiger partial charge < -0.3 is 15.5 Å². The maximum atomic E-state index is 11.9. The van der Waals surface area contributed by atoms with Crippen LogP contribution in [0.4, 0.5) is 10.5 Å². The molecule has 0 spiro atoms. The van der Waals surface area contributed by atoms with Gasteiger partial charge in [-0.3, -0.25) is 0 Å². The lowest BCUT2D eigenvalue weighted by Gasteiger charge is -2.14. The zero-order chi connectivity index (χ0) is 15.2. The molecule has 21 heavy (non-hydrogen) atoms. The van der Waals surface area contributed by atoms with Gasteiger partial charge in [0.2, 0.25) is 0 Å². The van der Waals surface area contributed by atoms with E-state index in [2.05, 4.69) is 48.4 Å². The Labute approximate surface area is 127 Å². The van der Waals surface area contributed by atoms with Gasteiger partial charge in [-0.05, 0) is 49.0 Å². The molecular formula is C17H27N3O. The van der Waals surface area contributed by atoms with Gasteiger partial charge in [-0.15, -0.1) is 0 Å². The molecule has 2 N–H and O–H groups in total. The topological polar surface area (TPSA) is 44.4 Å². The molecule has 1 aromatic carbocycles. The first-order chi connectivity index (χ1) is 10.1. The van der Waals surface area contributed by atoms with Gasteiger partial charge in [0.1, 0.15) is 0 Å². The number of nitrogens with zero attached hydrogens (tertiary/aromatic N) is 1. The third-order valence-electron chi connectivity index (χ3n) is 4.20. The van der Waals surface area contributed by atoms with Crippen molar-refractivity contribution in [1.29, 1.82) is 0 Å². The highest BCUT2D eigenvalue weighted by molar-refractivity contribution is 5.89. The highest BCUT2D eigenvalue weighted by Gasteiger charge is 2.21. The highest BCUT2D eigenvalue weighted by atomic mass is 16.2. The van der Waals surface area contributed by atoms with E-state index in [0.29, 0.717) is 11.8 Å². The molecule has 4 nitrogen and oxygen atoms in total. The van der Waals surface area contributed by atoms with Crippen LogP contribution in [-0.2, 0) is 0 Å². The third kappa shape index (κ3) is 4.74. The summed E-state index contributed by atoms with van der Waals surface area (Å²) in [5.41, 5.74) is 2.13. The zero-order valence-electron chi connectivity index (χ0n) is 13.4. The summed E-state index contributed by atoms with van der Waals surface area (Å²) in [4.78, 5) is 14.3. The summed E-state index contributed by atoms with van der Waals surface area (Å²) in [6.07, 6.45) is 1.18. The molecule has 2 rings (SSSR count). The fraction of sp³-hybridized carbons (Fsp3) is 0.588. The Kier molecular flexibility index (Phi) is 5.62. The summed E-state index contributed by atoms with van der Waals surface area (Å²) < 4.78 is 0. The Hall–Kier alpha value is -1.55. The first kappa shape index (κ1) is 15.8. The van der Waals surface area contributed by atoms with E-state index < -0.39 is 0 Å². The lowest BCUT2D eigenvalue weighted by atomic mass is 10.0. The first-order valence-corrected chi connectivity index (χ1v) is 7.95. The van der Waals surface area contributed by atoms with Crippen molar-refractivity contribution < 1.29 is 4.79 Å². The van der Waals surface area contributed by atoms with E-state index in [-0.39, 0.29) is 6.03 Å². The van der Waals surface area contributed by atoms with Gasteiger partial charge in [-0.25, -0.2) is 4.79 Å². The number of rotatable bonds is 5. The SMILES string of the molecule is CCN1CC[C@H](CNC(=O)Nc2ccc(C(C)C)cc2)C1. The summed E-state index contributed by atoms with van der Waals surface area (Å²) in [6.45, 7) is 10.6. The van der Waals surface area contributed by atoms with Crippen molar-refractivity contribution in [3.8, 4) is 0 Å². The molecule has 1 heterocycles. The van der Waals surface area contributed by atoms with Crippen molar-refractivity contribution in [2.45, 2.75) is 33.1 Å². The molecule has 0 saturated carbocycles. The number of hydrogen-bond acceptors (Lipinski definition) is 2. The van der Waals surface area contributed by atoms with Crippen molar-refractivity contribution in [1.82, 2.24) is 10.2 Å². The summed E-state index contributed by atoms with van der Waals surface area (Å²) in [7, 11) is 0. The van der Waals surface area contributed by atoms with Crippen molar-refractivity contribution in [3.05, 3.63) is 29.8 Å². The van der Waals surface area contributed by atoms with Crippen molar-refractivity contribution in [2.24, 2.45) is 5.92 Å². The second-order valence-corrected chi connectivity index (χ2v) is 6.16. The molecule has 2 amide bonds. The monoisotopic (exact) mass is 289 g/mol. The van der Waals surface area contributed by atoms with Crippen LogP contribution in [0.1, 0.15) is 38.7 Å². The van der Waals surface area contributed by atoms with E-state index >= 15 is 0 Å². The second kappa shape index (κ2) is 7.46. The Morgan fingerprint density at radius 3 is 2.62 bits per heavy atom. The van der Waals surface area contributed by atoms with Gasteiger partial charge in [0.05, 0.1) is 0 Å². The fourth-order valence-electron chi connectivity index (χ4n) is 2.73. The number of carbonyl (C=O) groups excluding carboxylic acids is 1. The summed E-state index contributed by atoms with van der Waals surface area (Å²) in [5.74, 6) is 1.09. The van der Waals surface area contributed by atoms with E-state index in [0.717, 1.165) is 31.9 Å². The molecule has 1 aromatic rings. The molecule has 116 valence electrons. The van der Waals surface area contributed by atoms with Crippen LogP contribution in [-0.4, -0.2) is 37.1 Å². The van der Waals surface area contributed by atoms with E-state index in [9.17, 15) is 4.79 Å². The van der Waals surface area contributed by atoms with Crippen LogP contribution in [0.5, 0.6) is 0 Å². The lowest BCUT2D eigenvalue weighted by Crippen LogP contribution is -2.34. The Morgan fingerprint density at radius 2 is 2.05 bits per heavy atom. The van der Waals surface area contributed by atoms with Gasteiger partial charge in [0, 0.05) is 18.8 Å². The van der Waals surface area contributed by atoms with Crippen LogP contribution in [0.15, 0.2) is 24.3 Å². The third-order valence-corrected chi connectivity index (χ3v) is 4.20. The Balaban J connectivity index is 1.74. The number of nitrogens with one attached hydrogen (secondary N) is 2. The highest BCUT2D eigenvalue weighted by Crippen LogP contribution is 2.17. The molecule has 0 radical (unpaired) electrons. The molecule has 0 aliphatic carbocycles. The van der Waals surface area contributed by atoms with Crippen LogP contribution in [0.25, 0.3) is 0 Å². The number of urea groups is 1. The normalized spacial score (nSPS) is 19.0. The minimum atomic E-state index is -0.109. The van der Waals surface area contributed by atoms with Crippen LogP contribution in [0, 0.1) is 5.92 Å². The van der Waals surface area contributed by atoms with Crippen LogP contribution < -0.4 is 10.6 Å². The predicted molar refractivity (Wildman–Crippen MR) is 87.8 cm³/mol. The molecule has 1 saturated heterocycles. The summed E-state index contributed by atoms with van der Waals surface area (Å²) in [6, 6.07) is 7.95. The molecule has 0 aromatic heterocycles. The Bertz CT molecular complexity index is 456. The molecule has 1 atom stereocenters. The fourth-order valence-corrected chi connectivity index (χ4v) is 2.73. The largest absolute Gasteiger partial charge is 0.338 e. The standard InChI is InChI=1S/C17H27N3O/c1-4-20-10-9-14(12-20)11-18-17(21)19-16-7-5-15(6-8-16)13(2)3/h5-8,13-14H,4,9-12H2,1-3H3,(H2,18,19,21)/t14-/m1/s1. The zero-order valence-corrected chi connectivity index (χ0v) is 13.4. The number of amides is 2. The molecular weight excluding hydrogens is 262 g/mol. The van der Waals surface area contributed by atoms with Gasteiger partial charge in [0.15, 0.2) is 0 Å². The van der Waals surface area contributed by atoms with Gasteiger partial charge in [-0.2, -0.15) is 0 Å². The molecule has 4 heteroatoms. The van der Waals surface area contributed by atoms with E-state index in [1.165, 1.54) is 12.0 Å². The van der Waals surface area contributed by atoms with E-state index in [1.54, 1.807) is 0 Å². The van der Waals surface area contributed by atoms with E-state index in [4.69, 9.17) is 0 Å². The first-order valence-electron chi connectivity index (χ1n) is 7.95. The smallest absolute Gasteiger partial charge is 0.319 e. The van der Waals surface area contributed by atoms with Gasteiger partial charge in [0.25, 0.3) is 0 Å². The van der Waals surface area contributed by atoms with E-state index in [1.807, 2.05) is 12.1 Å². The van der Waals surface area contributed by atoms with Crippen LogP contribution in [0.3, 0.4) is 0 Å². The maximum absolute atomic E-state index is 11.9. The number of benzene rings is 1. The quantitative estimate of drug-likeness (QED) is 0.873. The summed E-state index contributed by atoms with van der Waals surface area (Å²) in [5, 5.41) is 5.87. The minimum Gasteiger partial charge on any atom is -0.338 e. The molecule has 1 aliphatic heterocycles. The van der Waals surface area contributed by atoms with Crippen LogP contribution >= 0.6 is 0 Å². The van der Waals surface area contributed by atoms with Gasteiger partial charge in [-0.1, -0.05) is 32.9 Å². The van der Waals surface area contributed by atoms with Crippen molar-refractivity contribution >= 4 is 11.7 Å². The minimum absolute atomic E-state index is 0.109. The summed E-state index contributed by atoms with van der Waals surface area (Å²) >= 11 is 0. The lowest BCUT2D eigenvalue weighted by molar-refractivity contribution is 0.250. The molecule has 1 fully saturated rings. The van der Waals surface area contributed by atoms with Crippen molar-refractivity contribution in [3.63, 3.8) is 0 Å². The number of anilines is 1. The average Bonchev–Trinajstić information content (AvgIpc) is 2.94. The second-order valence-electron chi connectivity index (χ2n) is 6.16. The van der Waals surface area contributed by atoms with Crippen LogP contribution in [0.2, 0.25) is 0 Å². The number of likely N-dealkylation sites (tertiary alicyclic amines) is 1. The number of carbonyl (C=O) groups is 1.